The highest BCUT2D eigenvalue weighted by atomic mass is 16.1. The average Bonchev–Trinajstić information content (AvgIpc) is 2.57. The zero-order valence-corrected chi connectivity index (χ0v) is 11.2. The minimum absolute atomic E-state index is 0.218. The lowest BCUT2D eigenvalue weighted by atomic mass is 10.1. The van der Waals surface area contributed by atoms with Gasteiger partial charge in [-0.25, -0.2) is 0 Å². The van der Waals surface area contributed by atoms with Gasteiger partial charge in [-0.15, -0.1) is 0 Å². The van der Waals surface area contributed by atoms with Crippen molar-refractivity contribution in [2.75, 3.05) is 5.32 Å². The summed E-state index contributed by atoms with van der Waals surface area (Å²) in [6, 6.07) is 16.8. The normalized spacial score (nSPS) is 10.1. The third-order valence-electron chi connectivity index (χ3n) is 3.04. The van der Waals surface area contributed by atoms with Crippen LogP contribution in [0, 0.1) is 0 Å². The van der Waals surface area contributed by atoms with E-state index in [9.17, 15) is 4.79 Å². The number of rotatable bonds is 3. The van der Waals surface area contributed by atoms with E-state index >= 15 is 0 Å². The Morgan fingerprint density at radius 3 is 2.38 bits per heavy atom. The van der Waals surface area contributed by atoms with E-state index in [0.717, 1.165) is 16.8 Å². The Labute approximate surface area is 122 Å². The predicted molar refractivity (Wildman–Crippen MR) is 81.9 cm³/mol. The van der Waals surface area contributed by atoms with Crippen LogP contribution in [0.1, 0.15) is 10.5 Å². The first-order valence-electron chi connectivity index (χ1n) is 6.56. The summed E-state index contributed by atoms with van der Waals surface area (Å²) in [6.45, 7) is 0. The zero-order chi connectivity index (χ0) is 14.5. The van der Waals surface area contributed by atoms with E-state index in [-0.39, 0.29) is 5.91 Å². The van der Waals surface area contributed by atoms with Gasteiger partial charge in [0.05, 0.1) is 0 Å². The van der Waals surface area contributed by atoms with Crippen LogP contribution < -0.4 is 5.32 Å². The maximum atomic E-state index is 12.0. The third-order valence-corrected chi connectivity index (χ3v) is 3.04. The molecule has 102 valence electrons. The Bertz CT molecular complexity index is 725. The molecule has 4 heteroatoms. The fourth-order valence-electron chi connectivity index (χ4n) is 1.97. The molecule has 4 nitrogen and oxygen atoms in total. The molecule has 1 N–H and O–H groups in total. The van der Waals surface area contributed by atoms with Crippen LogP contribution in [0.2, 0.25) is 0 Å². The largest absolute Gasteiger partial charge is 0.321 e. The average molecular weight is 275 g/mol. The standard InChI is InChI=1S/C17H13N3O/c21-17(16-5-1-2-11-19-16)20-15-8-6-13(7-9-15)14-4-3-10-18-12-14/h1-12H,(H,20,21). The molecule has 21 heavy (non-hydrogen) atoms. The van der Waals surface area contributed by atoms with Crippen LogP contribution in [0.5, 0.6) is 0 Å². The highest BCUT2D eigenvalue weighted by Gasteiger charge is 2.06. The van der Waals surface area contributed by atoms with Crippen molar-refractivity contribution in [3.05, 3.63) is 78.9 Å². The fourth-order valence-corrected chi connectivity index (χ4v) is 1.97. The molecule has 0 radical (unpaired) electrons. The lowest BCUT2D eigenvalue weighted by Gasteiger charge is -2.06. The minimum atomic E-state index is -0.218. The molecule has 0 aliphatic carbocycles. The molecule has 1 amide bonds. The molecular formula is C17H13N3O. The number of nitrogens with zero attached hydrogens (tertiary/aromatic N) is 2. The Hall–Kier alpha value is -3.01. The predicted octanol–water partition coefficient (Wildman–Crippen LogP) is 3.40. The van der Waals surface area contributed by atoms with Gasteiger partial charge in [-0.2, -0.15) is 0 Å². The summed E-state index contributed by atoms with van der Waals surface area (Å²) in [5, 5.41) is 2.82. The molecule has 0 aliphatic heterocycles. The van der Waals surface area contributed by atoms with Crippen LogP contribution in [-0.2, 0) is 0 Å². The van der Waals surface area contributed by atoms with Crippen molar-refractivity contribution < 1.29 is 4.79 Å². The van der Waals surface area contributed by atoms with E-state index in [1.165, 1.54) is 0 Å². The van der Waals surface area contributed by atoms with Gasteiger partial charge in [0.15, 0.2) is 0 Å². The fraction of sp³-hybridized carbons (Fsp3) is 0. The van der Waals surface area contributed by atoms with Gasteiger partial charge in [-0.05, 0) is 41.5 Å². The van der Waals surface area contributed by atoms with Crippen molar-refractivity contribution in [2.24, 2.45) is 0 Å². The van der Waals surface area contributed by atoms with Gasteiger partial charge in [0.2, 0.25) is 0 Å². The van der Waals surface area contributed by atoms with Crippen LogP contribution in [0.25, 0.3) is 11.1 Å². The second kappa shape index (κ2) is 5.96. The van der Waals surface area contributed by atoms with E-state index in [2.05, 4.69) is 15.3 Å². The van der Waals surface area contributed by atoms with Gasteiger partial charge in [0, 0.05) is 24.3 Å². The highest BCUT2D eigenvalue weighted by molar-refractivity contribution is 6.02. The van der Waals surface area contributed by atoms with E-state index < -0.39 is 0 Å². The molecular weight excluding hydrogens is 262 g/mol. The summed E-state index contributed by atoms with van der Waals surface area (Å²) in [7, 11) is 0. The lowest BCUT2D eigenvalue weighted by molar-refractivity contribution is 0.102. The number of amides is 1. The molecule has 2 aromatic heterocycles. The number of nitrogens with one attached hydrogen (secondary N) is 1. The first-order valence-corrected chi connectivity index (χ1v) is 6.56. The molecule has 2 heterocycles. The van der Waals surface area contributed by atoms with Crippen molar-refractivity contribution in [1.82, 2.24) is 9.97 Å². The molecule has 3 rings (SSSR count). The second-order valence-electron chi connectivity index (χ2n) is 4.49. The minimum Gasteiger partial charge on any atom is -0.321 e. The van der Waals surface area contributed by atoms with Crippen LogP contribution in [0.15, 0.2) is 73.2 Å². The Morgan fingerprint density at radius 1 is 0.857 bits per heavy atom. The van der Waals surface area contributed by atoms with Crippen molar-refractivity contribution >= 4 is 11.6 Å². The molecule has 0 unspecified atom stereocenters. The van der Waals surface area contributed by atoms with Crippen LogP contribution in [0.3, 0.4) is 0 Å². The van der Waals surface area contributed by atoms with Gasteiger partial charge in [0.25, 0.3) is 5.91 Å². The highest BCUT2D eigenvalue weighted by Crippen LogP contribution is 2.20. The first kappa shape index (κ1) is 13.0. The number of aromatic nitrogens is 2. The van der Waals surface area contributed by atoms with E-state index in [4.69, 9.17) is 0 Å². The second-order valence-corrected chi connectivity index (χ2v) is 4.49. The van der Waals surface area contributed by atoms with E-state index in [1.807, 2.05) is 42.6 Å². The summed E-state index contributed by atoms with van der Waals surface area (Å²) in [4.78, 5) is 20.1. The summed E-state index contributed by atoms with van der Waals surface area (Å²) < 4.78 is 0. The molecule has 0 spiro atoms. The molecule has 0 aliphatic rings. The molecule has 3 aromatic rings. The number of carbonyl (C=O) groups excluding carboxylic acids is 1. The number of anilines is 1. The van der Waals surface area contributed by atoms with Crippen LogP contribution >= 0.6 is 0 Å². The van der Waals surface area contributed by atoms with Gasteiger partial charge in [0.1, 0.15) is 5.69 Å². The topological polar surface area (TPSA) is 54.9 Å². The SMILES string of the molecule is O=C(Nc1ccc(-c2cccnc2)cc1)c1ccccn1. The number of pyridine rings is 2. The number of carbonyl (C=O) groups is 1. The van der Waals surface area contributed by atoms with Crippen molar-refractivity contribution in [1.29, 1.82) is 0 Å². The van der Waals surface area contributed by atoms with Gasteiger partial charge in [-0.3, -0.25) is 14.8 Å². The smallest absolute Gasteiger partial charge is 0.274 e. The first-order chi connectivity index (χ1) is 10.3. The summed E-state index contributed by atoms with van der Waals surface area (Å²) in [5.41, 5.74) is 3.23. The summed E-state index contributed by atoms with van der Waals surface area (Å²) in [6.07, 6.45) is 5.15. The third kappa shape index (κ3) is 3.12. The van der Waals surface area contributed by atoms with Crippen molar-refractivity contribution in [2.45, 2.75) is 0 Å². The lowest BCUT2D eigenvalue weighted by Crippen LogP contribution is -2.13. The van der Waals surface area contributed by atoms with Gasteiger partial charge < -0.3 is 5.32 Å². The molecule has 0 saturated carbocycles. The number of hydrogen-bond donors (Lipinski definition) is 1. The maximum absolute atomic E-state index is 12.0. The van der Waals surface area contributed by atoms with Crippen molar-refractivity contribution in [3.8, 4) is 11.1 Å². The molecule has 0 fully saturated rings. The molecule has 0 bridgehead atoms. The van der Waals surface area contributed by atoms with Gasteiger partial charge in [-0.1, -0.05) is 24.3 Å². The number of benzene rings is 1. The van der Waals surface area contributed by atoms with E-state index in [0.29, 0.717) is 5.69 Å². The molecule has 1 aromatic carbocycles. The zero-order valence-electron chi connectivity index (χ0n) is 11.2. The van der Waals surface area contributed by atoms with Gasteiger partial charge >= 0.3 is 0 Å². The summed E-state index contributed by atoms with van der Waals surface area (Å²) >= 11 is 0. The van der Waals surface area contributed by atoms with Crippen molar-refractivity contribution in [3.63, 3.8) is 0 Å². The maximum Gasteiger partial charge on any atom is 0.274 e. The Kier molecular flexibility index (Phi) is 3.69. The molecule has 0 atom stereocenters. The van der Waals surface area contributed by atoms with E-state index in [1.54, 1.807) is 30.6 Å². The monoisotopic (exact) mass is 275 g/mol. The Morgan fingerprint density at radius 2 is 1.71 bits per heavy atom. The molecule has 0 saturated heterocycles. The quantitative estimate of drug-likeness (QED) is 0.797. The number of hydrogen-bond acceptors (Lipinski definition) is 3. The van der Waals surface area contributed by atoms with Crippen LogP contribution in [-0.4, -0.2) is 15.9 Å². The summed E-state index contributed by atoms with van der Waals surface area (Å²) in [5.74, 6) is -0.218. The Balaban J connectivity index is 1.75. The van der Waals surface area contributed by atoms with Crippen LogP contribution in [0.4, 0.5) is 5.69 Å².